The summed E-state index contributed by atoms with van der Waals surface area (Å²) in [5.41, 5.74) is 0.848. The second-order valence-electron chi connectivity index (χ2n) is 2.95. The molecule has 1 heterocycles. The number of methoxy groups -OCH3 is 1. The minimum atomic E-state index is -0.444. The number of aliphatic hydroxyl groups excluding tert-OH is 1. The van der Waals surface area contributed by atoms with Crippen LogP contribution in [0.5, 0.6) is 0 Å². The van der Waals surface area contributed by atoms with E-state index in [1.807, 2.05) is 12.1 Å². The third-order valence-electron chi connectivity index (χ3n) is 1.78. The summed E-state index contributed by atoms with van der Waals surface area (Å²) < 4.78 is 4.94. The standard InChI is InChI=1S/C10H15NO2S/c1-8(12)9-3-4-10(11-7-9)14-6-5-13-2/h3-4,7-8,12H,5-6H2,1-2H3. The van der Waals surface area contributed by atoms with Crippen molar-refractivity contribution in [2.45, 2.75) is 18.1 Å². The molecule has 0 saturated carbocycles. The van der Waals surface area contributed by atoms with Gasteiger partial charge in [-0.15, -0.1) is 11.8 Å². The highest BCUT2D eigenvalue weighted by atomic mass is 32.2. The first-order valence-electron chi connectivity index (χ1n) is 4.50. The van der Waals surface area contributed by atoms with Gasteiger partial charge in [-0.2, -0.15) is 0 Å². The zero-order valence-electron chi connectivity index (χ0n) is 8.43. The van der Waals surface area contributed by atoms with Crippen LogP contribution in [0.25, 0.3) is 0 Å². The Kier molecular flexibility index (Phi) is 4.93. The lowest BCUT2D eigenvalue weighted by Gasteiger charge is -2.04. The van der Waals surface area contributed by atoms with Crippen LogP contribution in [0.4, 0.5) is 0 Å². The van der Waals surface area contributed by atoms with Crippen LogP contribution in [0.3, 0.4) is 0 Å². The lowest BCUT2D eigenvalue weighted by atomic mass is 10.2. The van der Waals surface area contributed by atoms with Crippen molar-refractivity contribution in [2.24, 2.45) is 0 Å². The van der Waals surface area contributed by atoms with Gasteiger partial charge in [-0.3, -0.25) is 0 Å². The maximum atomic E-state index is 9.26. The van der Waals surface area contributed by atoms with Crippen molar-refractivity contribution < 1.29 is 9.84 Å². The summed E-state index contributed by atoms with van der Waals surface area (Å²) in [7, 11) is 1.69. The molecule has 0 fully saturated rings. The zero-order valence-corrected chi connectivity index (χ0v) is 9.25. The van der Waals surface area contributed by atoms with Gasteiger partial charge in [-0.25, -0.2) is 4.98 Å². The van der Waals surface area contributed by atoms with Crippen molar-refractivity contribution >= 4 is 11.8 Å². The molecule has 1 rings (SSSR count). The molecule has 1 unspecified atom stereocenters. The first kappa shape index (κ1) is 11.5. The van der Waals surface area contributed by atoms with Crippen LogP contribution < -0.4 is 0 Å². The van der Waals surface area contributed by atoms with Gasteiger partial charge in [0.05, 0.1) is 17.7 Å². The minimum Gasteiger partial charge on any atom is -0.389 e. The van der Waals surface area contributed by atoms with E-state index < -0.39 is 6.10 Å². The van der Waals surface area contributed by atoms with E-state index in [2.05, 4.69) is 4.98 Å². The average molecular weight is 213 g/mol. The Labute approximate surface area is 88.5 Å². The van der Waals surface area contributed by atoms with Crippen LogP contribution in [0.2, 0.25) is 0 Å². The van der Waals surface area contributed by atoms with Crippen LogP contribution in [-0.2, 0) is 4.74 Å². The summed E-state index contributed by atoms with van der Waals surface area (Å²) in [5, 5.41) is 10.2. The maximum absolute atomic E-state index is 9.26. The predicted octanol–water partition coefficient (Wildman–Crippen LogP) is 1.87. The van der Waals surface area contributed by atoms with Gasteiger partial charge in [0.1, 0.15) is 0 Å². The molecular weight excluding hydrogens is 198 g/mol. The summed E-state index contributed by atoms with van der Waals surface area (Å²) in [5.74, 6) is 0.900. The SMILES string of the molecule is COCCSc1ccc(C(C)O)cn1. The summed E-state index contributed by atoms with van der Waals surface area (Å²) in [6, 6.07) is 3.81. The third kappa shape index (κ3) is 3.65. The normalized spacial score (nSPS) is 12.8. The van der Waals surface area contributed by atoms with E-state index in [-0.39, 0.29) is 0 Å². The molecule has 4 heteroatoms. The van der Waals surface area contributed by atoms with E-state index in [1.165, 1.54) is 0 Å². The van der Waals surface area contributed by atoms with Crippen LogP contribution in [-0.4, -0.2) is 29.6 Å². The van der Waals surface area contributed by atoms with Crippen LogP contribution in [0, 0.1) is 0 Å². The van der Waals surface area contributed by atoms with Crippen LogP contribution >= 0.6 is 11.8 Å². The first-order chi connectivity index (χ1) is 6.74. The van der Waals surface area contributed by atoms with Gasteiger partial charge in [0, 0.05) is 19.1 Å². The average Bonchev–Trinajstić information content (AvgIpc) is 2.19. The quantitative estimate of drug-likeness (QED) is 0.599. The number of rotatable bonds is 5. The molecule has 0 aliphatic carbocycles. The first-order valence-corrected chi connectivity index (χ1v) is 5.48. The van der Waals surface area contributed by atoms with Gasteiger partial charge >= 0.3 is 0 Å². The Hall–Kier alpha value is -0.580. The van der Waals surface area contributed by atoms with Crippen molar-refractivity contribution in [3.63, 3.8) is 0 Å². The van der Waals surface area contributed by atoms with Crippen LogP contribution in [0.1, 0.15) is 18.6 Å². The van der Waals surface area contributed by atoms with E-state index in [9.17, 15) is 5.11 Å². The van der Waals surface area contributed by atoms with Gasteiger partial charge in [-0.05, 0) is 18.6 Å². The minimum absolute atomic E-state index is 0.444. The van der Waals surface area contributed by atoms with Gasteiger partial charge in [-0.1, -0.05) is 6.07 Å². The molecule has 1 aromatic heterocycles. The molecule has 1 atom stereocenters. The number of aliphatic hydroxyl groups is 1. The second kappa shape index (κ2) is 6.01. The Morgan fingerprint density at radius 1 is 1.57 bits per heavy atom. The lowest BCUT2D eigenvalue weighted by molar-refractivity contribution is 0.198. The monoisotopic (exact) mass is 213 g/mol. The van der Waals surface area contributed by atoms with Crippen molar-refractivity contribution in [1.29, 1.82) is 0 Å². The highest BCUT2D eigenvalue weighted by Crippen LogP contribution is 2.17. The molecule has 0 amide bonds. The molecule has 0 bridgehead atoms. The number of thioether (sulfide) groups is 1. The highest BCUT2D eigenvalue weighted by molar-refractivity contribution is 7.99. The molecule has 0 aromatic carbocycles. The van der Waals surface area contributed by atoms with Crippen LogP contribution in [0.15, 0.2) is 23.4 Å². The predicted molar refractivity (Wildman–Crippen MR) is 57.5 cm³/mol. The molecule has 0 saturated heterocycles. The van der Waals surface area contributed by atoms with Crippen molar-refractivity contribution in [3.8, 4) is 0 Å². The number of hydrogen-bond acceptors (Lipinski definition) is 4. The number of ether oxygens (including phenoxy) is 1. The largest absolute Gasteiger partial charge is 0.389 e. The van der Waals surface area contributed by atoms with E-state index in [0.717, 1.165) is 22.9 Å². The van der Waals surface area contributed by atoms with Gasteiger partial charge in [0.25, 0.3) is 0 Å². The highest BCUT2D eigenvalue weighted by Gasteiger charge is 2.01. The molecule has 0 aliphatic rings. The smallest absolute Gasteiger partial charge is 0.0960 e. The molecule has 0 radical (unpaired) electrons. The maximum Gasteiger partial charge on any atom is 0.0960 e. The van der Waals surface area contributed by atoms with Gasteiger partial charge < -0.3 is 9.84 Å². The lowest BCUT2D eigenvalue weighted by Crippen LogP contribution is -1.94. The van der Waals surface area contributed by atoms with Crippen molar-refractivity contribution in [1.82, 2.24) is 4.98 Å². The fourth-order valence-corrected chi connectivity index (χ4v) is 1.70. The van der Waals surface area contributed by atoms with E-state index in [4.69, 9.17) is 4.74 Å². The van der Waals surface area contributed by atoms with Gasteiger partial charge in [0.15, 0.2) is 0 Å². The number of nitrogens with zero attached hydrogens (tertiary/aromatic N) is 1. The van der Waals surface area contributed by atoms with E-state index >= 15 is 0 Å². The Bertz CT molecular complexity index is 261. The van der Waals surface area contributed by atoms with Gasteiger partial charge in [0.2, 0.25) is 0 Å². The summed E-state index contributed by atoms with van der Waals surface area (Å²) >= 11 is 1.65. The molecule has 78 valence electrons. The summed E-state index contributed by atoms with van der Waals surface area (Å²) in [6.07, 6.45) is 1.26. The zero-order chi connectivity index (χ0) is 10.4. The number of aromatic nitrogens is 1. The molecule has 1 N–H and O–H groups in total. The third-order valence-corrected chi connectivity index (χ3v) is 2.69. The molecule has 3 nitrogen and oxygen atoms in total. The van der Waals surface area contributed by atoms with E-state index in [1.54, 1.807) is 32.0 Å². The topological polar surface area (TPSA) is 42.4 Å². The fraction of sp³-hybridized carbons (Fsp3) is 0.500. The molecule has 14 heavy (non-hydrogen) atoms. The second-order valence-corrected chi connectivity index (χ2v) is 4.06. The van der Waals surface area contributed by atoms with E-state index in [0.29, 0.717) is 0 Å². The Morgan fingerprint density at radius 3 is 2.86 bits per heavy atom. The Morgan fingerprint density at radius 2 is 2.36 bits per heavy atom. The number of pyridine rings is 1. The molecular formula is C10H15NO2S. The molecule has 0 spiro atoms. The summed E-state index contributed by atoms with van der Waals surface area (Å²) in [6.45, 7) is 2.46. The summed E-state index contributed by atoms with van der Waals surface area (Å²) in [4.78, 5) is 4.22. The van der Waals surface area contributed by atoms with Crippen molar-refractivity contribution in [2.75, 3.05) is 19.5 Å². The number of hydrogen-bond donors (Lipinski definition) is 1. The molecule has 0 aliphatic heterocycles. The van der Waals surface area contributed by atoms with Crippen molar-refractivity contribution in [3.05, 3.63) is 23.9 Å². The Balaban J connectivity index is 2.47. The fourth-order valence-electron chi connectivity index (χ4n) is 0.954. The molecule has 1 aromatic rings.